The molecule has 0 atom stereocenters. The summed E-state index contributed by atoms with van der Waals surface area (Å²) >= 11 is 5.24. The highest BCUT2D eigenvalue weighted by Gasteiger charge is 1.98. The van der Waals surface area contributed by atoms with Crippen LogP contribution in [0, 0.1) is 4.77 Å². The summed E-state index contributed by atoms with van der Waals surface area (Å²) in [5.74, 6) is 0. The number of nitrogens with zero attached hydrogens (tertiary/aromatic N) is 2. The van der Waals surface area contributed by atoms with E-state index in [0.29, 0.717) is 11.4 Å². The SMILES string of the molecule is CCn1ccn(OCc2ccccc2)c1=S. The van der Waals surface area contributed by atoms with Crippen LogP contribution >= 0.6 is 12.2 Å². The lowest BCUT2D eigenvalue weighted by Crippen LogP contribution is -2.11. The van der Waals surface area contributed by atoms with E-state index < -0.39 is 0 Å². The summed E-state index contributed by atoms with van der Waals surface area (Å²) in [5.41, 5.74) is 1.13. The van der Waals surface area contributed by atoms with Crippen molar-refractivity contribution in [1.29, 1.82) is 0 Å². The zero-order valence-electron chi connectivity index (χ0n) is 9.17. The van der Waals surface area contributed by atoms with E-state index in [0.717, 1.165) is 12.1 Å². The Balaban J connectivity index is 2.05. The maximum Gasteiger partial charge on any atom is 0.214 e. The van der Waals surface area contributed by atoms with E-state index in [1.807, 2.05) is 47.3 Å². The number of aromatic nitrogens is 2. The molecule has 0 aliphatic rings. The molecule has 0 amide bonds. The number of aryl methyl sites for hydroxylation is 1. The standard InChI is InChI=1S/C12H14N2OS/c1-2-13-8-9-14(12(13)16)15-10-11-6-4-3-5-7-11/h3-9H,2,10H2,1H3. The molecular weight excluding hydrogens is 220 g/mol. The fourth-order valence-electron chi connectivity index (χ4n) is 1.45. The zero-order valence-corrected chi connectivity index (χ0v) is 9.98. The van der Waals surface area contributed by atoms with Gasteiger partial charge in [-0.15, -0.1) is 0 Å². The van der Waals surface area contributed by atoms with Gasteiger partial charge in [-0.2, -0.15) is 4.73 Å². The van der Waals surface area contributed by atoms with Crippen molar-refractivity contribution >= 4 is 12.2 Å². The molecule has 1 aromatic carbocycles. The number of rotatable bonds is 4. The molecule has 0 N–H and O–H groups in total. The topological polar surface area (TPSA) is 19.1 Å². The van der Waals surface area contributed by atoms with Crippen LogP contribution in [0.4, 0.5) is 0 Å². The van der Waals surface area contributed by atoms with E-state index in [1.54, 1.807) is 4.73 Å². The predicted octanol–water partition coefficient (Wildman–Crippen LogP) is 2.67. The van der Waals surface area contributed by atoms with Gasteiger partial charge in [0.1, 0.15) is 6.61 Å². The first kappa shape index (κ1) is 11.0. The molecule has 3 nitrogen and oxygen atoms in total. The van der Waals surface area contributed by atoms with Crippen LogP contribution in [0.15, 0.2) is 42.7 Å². The molecule has 2 aromatic rings. The summed E-state index contributed by atoms with van der Waals surface area (Å²) in [6.45, 7) is 3.45. The average molecular weight is 234 g/mol. The van der Waals surface area contributed by atoms with Crippen molar-refractivity contribution in [3.63, 3.8) is 0 Å². The molecule has 0 unspecified atom stereocenters. The summed E-state index contributed by atoms with van der Waals surface area (Å²) in [6, 6.07) is 10.0. The highest BCUT2D eigenvalue weighted by Crippen LogP contribution is 2.01. The first-order valence-corrected chi connectivity index (χ1v) is 5.67. The van der Waals surface area contributed by atoms with Crippen LogP contribution in [0.5, 0.6) is 0 Å². The molecule has 0 bridgehead atoms. The van der Waals surface area contributed by atoms with Crippen LogP contribution < -0.4 is 4.84 Å². The second kappa shape index (κ2) is 4.99. The second-order valence-electron chi connectivity index (χ2n) is 3.45. The first-order valence-electron chi connectivity index (χ1n) is 5.26. The average Bonchev–Trinajstić information content (AvgIpc) is 2.69. The van der Waals surface area contributed by atoms with Crippen molar-refractivity contribution in [3.8, 4) is 0 Å². The van der Waals surface area contributed by atoms with Gasteiger partial charge in [0, 0.05) is 12.7 Å². The van der Waals surface area contributed by atoms with Crippen molar-refractivity contribution in [2.24, 2.45) is 0 Å². The van der Waals surface area contributed by atoms with Crippen LogP contribution in [-0.4, -0.2) is 9.30 Å². The number of hydrogen-bond donors (Lipinski definition) is 0. The zero-order chi connectivity index (χ0) is 11.4. The van der Waals surface area contributed by atoms with Crippen molar-refractivity contribution in [2.75, 3.05) is 0 Å². The monoisotopic (exact) mass is 234 g/mol. The lowest BCUT2D eigenvalue weighted by molar-refractivity contribution is 0.0925. The van der Waals surface area contributed by atoms with Gasteiger partial charge in [-0.05, 0) is 24.7 Å². The normalized spacial score (nSPS) is 10.3. The molecule has 2 rings (SSSR count). The van der Waals surface area contributed by atoms with Crippen LogP contribution in [0.25, 0.3) is 0 Å². The summed E-state index contributed by atoms with van der Waals surface area (Å²) in [5, 5.41) is 0. The molecule has 0 saturated heterocycles. The number of hydrogen-bond acceptors (Lipinski definition) is 2. The maximum absolute atomic E-state index is 5.60. The molecule has 84 valence electrons. The van der Waals surface area contributed by atoms with Gasteiger partial charge in [-0.3, -0.25) is 0 Å². The van der Waals surface area contributed by atoms with Crippen molar-refractivity contribution in [1.82, 2.24) is 9.30 Å². The van der Waals surface area contributed by atoms with E-state index in [9.17, 15) is 0 Å². The van der Waals surface area contributed by atoms with Gasteiger partial charge in [0.2, 0.25) is 4.77 Å². The maximum atomic E-state index is 5.60. The molecule has 0 radical (unpaired) electrons. The van der Waals surface area contributed by atoms with E-state index in [1.165, 1.54) is 0 Å². The van der Waals surface area contributed by atoms with Gasteiger partial charge in [0.25, 0.3) is 0 Å². The highest BCUT2D eigenvalue weighted by atomic mass is 32.1. The molecule has 0 fully saturated rings. The fourth-order valence-corrected chi connectivity index (χ4v) is 1.76. The van der Waals surface area contributed by atoms with Crippen LogP contribution in [0.1, 0.15) is 12.5 Å². The fraction of sp³-hybridized carbons (Fsp3) is 0.250. The van der Waals surface area contributed by atoms with E-state index in [-0.39, 0.29) is 0 Å². The van der Waals surface area contributed by atoms with Gasteiger partial charge in [-0.1, -0.05) is 30.3 Å². The van der Waals surface area contributed by atoms with Gasteiger partial charge in [-0.25, -0.2) is 0 Å². The molecule has 1 aromatic heterocycles. The van der Waals surface area contributed by atoms with Crippen molar-refractivity contribution in [2.45, 2.75) is 20.1 Å². The molecule has 0 saturated carbocycles. The molecule has 16 heavy (non-hydrogen) atoms. The first-order chi connectivity index (χ1) is 7.81. The Morgan fingerprint density at radius 1 is 1.19 bits per heavy atom. The Kier molecular flexibility index (Phi) is 3.41. The third-order valence-corrected chi connectivity index (χ3v) is 2.78. The quantitative estimate of drug-likeness (QED) is 0.757. The van der Waals surface area contributed by atoms with Gasteiger partial charge >= 0.3 is 0 Å². The highest BCUT2D eigenvalue weighted by molar-refractivity contribution is 7.71. The van der Waals surface area contributed by atoms with Gasteiger partial charge in [0.15, 0.2) is 0 Å². The third-order valence-electron chi connectivity index (χ3n) is 2.37. The number of benzene rings is 1. The number of imidazole rings is 1. The minimum Gasteiger partial charge on any atom is -0.407 e. The Bertz CT molecular complexity index is 501. The largest absolute Gasteiger partial charge is 0.407 e. The molecule has 0 aliphatic carbocycles. The van der Waals surface area contributed by atoms with Crippen LogP contribution in [-0.2, 0) is 13.2 Å². The smallest absolute Gasteiger partial charge is 0.214 e. The molecule has 0 spiro atoms. The third kappa shape index (κ3) is 2.33. The second-order valence-corrected chi connectivity index (χ2v) is 3.82. The van der Waals surface area contributed by atoms with E-state index in [2.05, 4.69) is 6.92 Å². The lowest BCUT2D eigenvalue weighted by Gasteiger charge is -2.06. The van der Waals surface area contributed by atoms with E-state index in [4.69, 9.17) is 17.1 Å². The Morgan fingerprint density at radius 2 is 1.94 bits per heavy atom. The van der Waals surface area contributed by atoms with Crippen LogP contribution in [0.2, 0.25) is 0 Å². The van der Waals surface area contributed by atoms with E-state index >= 15 is 0 Å². The summed E-state index contributed by atoms with van der Waals surface area (Å²) in [7, 11) is 0. The molecule has 4 heteroatoms. The van der Waals surface area contributed by atoms with Crippen LogP contribution in [0.3, 0.4) is 0 Å². The summed E-state index contributed by atoms with van der Waals surface area (Å²) < 4.78 is 4.28. The van der Waals surface area contributed by atoms with Crippen molar-refractivity contribution < 1.29 is 4.84 Å². The minimum atomic E-state index is 0.531. The van der Waals surface area contributed by atoms with Gasteiger partial charge in [0.05, 0.1) is 6.20 Å². The lowest BCUT2D eigenvalue weighted by atomic mass is 10.2. The van der Waals surface area contributed by atoms with Crippen molar-refractivity contribution in [3.05, 3.63) is 53.1 Å². The minimum absolute atomic E-state index is 0.531. The Hall–Kier alpha value is -1.55. The summed E-state index contributed by atoms with van der Waals surface area (Å²) in [4.78, 5) is 5.60. The molecular formula is C12H14N2OS. The Morgan fingerprint density at radius 3 is 2.56 bits per heavy atom. The summed E-state index contributed by atoms with van der Waals surface area (Å²) in [6.07, 6.45) is 3.77. The molecule has 0 aliphatic heterocycles. The Labute approximate surface area is 99.9 Å². The molecule has 1 heterocycles. The van der Waals surface area contributed by atoms with Gasteiger partial charge < -0.3 is 9.40 Å². The predicted molar refractivity (Wildman–Crippen MR) is 65.7 cm³/mol.